The highest BCUT2D eigenvalue weighted by atomic mass is 32.1. The van der Waals surface area contributed by atoms with E-state index in [1.54, 1.807) is 18.2 Å². The molecule has 1 aromatic heterocycles. The smallest absolute Gasteiger partial charge is 0.251 e. The molecule has 188 valence electrons. The molecular formula is C28H30N2O5S. The molecule has 8 heteroatoms. The van der Waals surface area contributed by atoms with Crippen LogP contribution in [0.3, 0.4) is 0 Å². The number of Topliss-reactive ketones (excluding diaryl/α,β-unsaturated/α-hetero) is 3. The molecule has 4 rings (SSSR count). The van der Waals surface area contributed by atoms with Gasteiger partial charge in [-0.15, -0.1) is 11.3 Å². The summed E-state index contributed by atoms with van der Waals surface area (Å²) in [6.07, 6.45) is 9.07. The monoisotopic (exact) mass is 506 g/mol. The number of rotatable bonds is 10. The lowest BCUT2D eigenvalue weighted by Crippen LogP contribution is -2.44. The second-order valence-electron chi connectivity index (χ2n) is 9.05. The first-order valence-corrected chi connectivity index (χ1v) is 13.0. The molecule has 2 N–H and O–H groups in total. The summed E-state index contributed by atoms with van der Waals surface area (Å²) in [5.74, 6) is 0.280. The molecule has 1 aliphatic carbocycles. The van der Waals surface area contributed by atoms with Crippen molar-refractivity contribution in [2.24, 2.45) is 0 Å². The Bertz CT molecular complexity index is 1260. The molecule has 0 saturated heterocycles. The maximum absolute atomic E-state index is 12.8. The van der Waals surface area contributed by atoms with Crippen molar-refractivity contribution in [3.05, 3.63) is 74.7 Å². The molecule has 2 heterocycles. The lowest BCUT2D eigenvalue weighted by molar-refractivity contribution is -0.135. The van der Waals surface area contributed by atoms with Crippen molar-refractivity contribution >= 4 is 34.6 Å². The Morgan fingerprint density at radius 3 is 2.72 bits per heavy atom. The number of carbonyl (C=O) groups excluding carboxylic acids is 4. The van der Waals surface area contributed by atoms with E-state index in [9.17, 15) is 19.2 Å². The molecule has 0 unspecified atom stereocenters. The minimum absolute atomic E-state index is 0.0298. The lowest BCUT2D eigenvalue weighted by Gasteiger charge is -2.25. The van der Waals surface area contributed by atoms with Crippen molar-refractivity contribution in [2.45, 2.75) is 58.5 Å². The van der Waals surface area contributed by atoms with Crippen molar-refractivity contribution < 1.29 is 23.9 Å². The summed E-state index contributed by atoms with van der Waals surface area (Å²) in [5, 5.41) is 6.42. The molecule has 0 bridgehead atoms. The largest absolute Gasteiger partial charge is 0.458 e. The van der Waals surface area contributed by atoms with Crippen molar-refractivity contribution in [1.82, 2.24) is 10.6 Å². The summed E-state index contributed by atoms with van der Waals surface area (Å²) in [5.41, 5.74) is 2.17. The predicted molar refractivity (Wildman–Crippen MR) is 139 cm³/mol. The van der Waals surface area contributed by atoms with Gasteiger partial charge in [-0.25, -0.2) is 0 Å². The Morgan fingerprint density at radius 2 is 2.00 bits per heavy atom. The van der Waals surface area contributed by atoms with Crippen LogP contribution >= 0.6 is 11.3 Å². The van der Waals surface area contributed by atoms with Gasteiger partial charge in [0.1, 0.15) is 11.5 Å². The highest BCUT2D eigenvalue weighted by Gasteiger charge is 2.28. The van der Waals surface area contributed by atoms with Gasteiger partial charge in [0.05, 0.1) is 0 Å². The number of thiophene rings is 1. The maximum atomic E-state index is 12.8. The van der Waals surface area contributed by atoms with E-state index in [1.807, 2.05) is 18.2 Å². The second kappa shape index (κ2) is 11.6. The van der Waals surface area contributed by atoms with Crippen LogP contribution in [0.15, 0.2) is 48.3 Å². The number of hydrogen-bond donors (Lipinski definition) is 2. The first-order valence-electron chi connectivity index (χ1n) is 12.2. The molecule has 7 nitrogen and oxygen atoms in total. The van der Waals surface area contributed by atoms with Crippen LogP contribution in [0.1, 0.15) is 69.1 Å². The van der Waals surface area contributed by atoms with Crippen LogP contribution in [0.5, 0.6) is 5.75 Å². The number of fused-ring (bicyclic) bond motifs is 1. The third-order valence-electron chi connectivity index (χ3n) is 6.29. The average molecular weight is 507 g/mol. The number of carbonyl (C=O) groups is 4. The van der Waals surface area contributed by atoms with Crippen LogP contribution in [-0.4, -0.2) is 35.8 Å². The fourth-order valence-electron chi connectivity index (χ4n) is 4.44. The van der Waals surface area contributed by atoms with Gasteiger partial charge in [-0.05, 0) is 68.5 Å². The van der Waals surface area contributed by atoms with Crippen LogP contribution in [0.4, 0.5) is 0 Å². The topological polar surface area (TPSA) is 102 Å². The van der Waals surface area contributed by atoms with Gasteiger partial charge in [-0.1, -0.05) is 12.1 Å². The molecule has 1 aliphatic heterocycles. The molecule has 2 aromatic rings. The summed E-state index contributed by atoms with van der Waals surface area (Å²) in [7, 11) is 0. The number of ether oxygens (including phenoxy) is 1. The standard InChI is InChI=1S/C28H30N2O5S/c1-17(31)24(33)11-12-25-27(18(2)32)23-14-20(29-16-26(23)36-25)15-30-28(34)19-7-6-10-22(13-19)35-21-8-4-3-5-9-21/h4,6-10,13,20,29H,3,5,11-12,14-16H2,1-2H3,(H,30,34)/t20-/m0/s1. The van der Waals surface area contributed by atoms with Crippen LogP contribution in [-0.2, 0) is 29.0 Å². The Hall–Kier alpha value is -3.36. The van der Waals surface area contributed by atoms with Crippen LogP contribution in [0, 0.1) is 0 Å². The molecule has 36 heavy (non-hydrogen) atoms. The van der Waals surface area contributed by atoms with Gasteiger partial charge in [0, 0.05) is 53.4 Å². The van der Waals surface area contributed by atoms with Crippen molar-refractivity contribution in [1.29, 1.82) is 0 Å². The first kappa shape index (κ1) is 25.7. The Kier molecular flexibility index (Phi) is 8.28. The van der Waals surface area contributed by atoms with Crippen molar-refractivity contribution in [3.63, 3.8) is 0 Å². The molecule has 0 radical (unpaired) electrons. The SMILES string of the molecule is CC(=O)C(=O)CCc1sc2c(c1C(C)=O)C[C@@H](CNC(=O)c1cccc(OC3=CCCC=C3)c1)NC2. The number of allylic oxidation sites excluding steroid dienone is 3. The van der Waals surface area contributed by atoms with Gasteiger partial charge in [-0.3, -0.25) is 19.2 Å². The number of benzene rings is 1. The highest BCUT2D eigenvalue weighted by molar-refractivity contribution is 7.12. The molecule has 1 amide bonds. The minimum atomic E-state index is -0.460. The Morgan fingerprint density at radius 1 is 1.17 bits per heavy atom. The summed E-state index contributed by atoms with van der Waals surface area (Å²) < 4.78 is 5.88. The van der Waals surface area contributed by atoms with Crippen molar-refractivity contribution in [3.8, 4) is 5.75 Å². The first-order chi connectivity index (χ1) is 17.3. The third-order valence-corrected chi connectivity index (χ3v) is 7.58. The summed E-state index contributed by atoms with van der Waals surface area (Å²) in [4.78, 5) is 50.3. The fourth-order valence-corrected chi connectivity index (χ4v) is 5.77. The normalized spacial score (nSPS) is 16.6. The number of amides is 1. The molecule has 0 spiro atoms. The minimum Gasteiger partial charge on any atom is -0.458 e. The Balaban J connectivity index is 1.38. The Labute approximate surface area is 214 Å². The molecule has 0 fully saturated rings. The summed E-state index contributed by atoms with van der Waals surface area (Å²) in [6.45, 7) is 3.80. The van der Waals surface area contributed by atoms with E-state index in [0.29, 0.717) is 42.8 Å². The number of hydrogen-bond acceptors (Lipinski definition) is 7. The quantitative estimate of drug-likeness (QED) is 0.372. The van der Waals surface area contributed by atoms with Gasteiger partial charge in [0.25, 0.3) is 5.91 Å². The molecule has 0 saturated carbocycles. The van der Waals surface area contributed by atoms with E-state index in [0.717, 1.165) is 33.9 Å². The van der Waals surface area contributed by atoms with E-state index in [4.69, 9.17) is 4.74 Å². The maximum Gasteiger partial charge on any atom is 0.251 e. The van der Waals surface area contributed by atoms with Gasteiger partial charge in [0.2, 0.25) is 0 Å². The zero-order valence-electron chi connectivity index (χ0n) is 20.5. The lowest BCUT2D eigenvalue weighted by atomic mass is 9.94. The second-order valence-corrected chi connectivity index (χ2v) is 10.2. The molecule has 1 aromatic carbocycles. The van der Waals surface area contributed by atoms with Gasteiger partial charge in [-0.2, -0.15) is 0 Å². The fraction of sp³-hybridized carbons (Fsp3) is 0.357. The zero-order valence-corrected chi connectivity index (χ0v) is 21.3. The molecule has 1 atom stereocenters. The highest BCUT2D eigenvalue weighted by Crippen LogP contribution is 2.33. The number of aryl methyl sites for hydroxylation is 1. The third kappa shape index (κ3) is 6.25. The van der Waals surface area contributed by atoms with E-state index in [-0.39, 0.29) is 24.2 Å². The number of ketones is 3. The van der Waals surface area contributed by atoms with Crippen LogP contribution < -0.4 is 15.4 Å². The van der Waals surface area contributed by atoms with Gasteiger partial charge < -0.3 is 15.4 Å². The van der Waals surface area contributed by atoms with Crippen LogP contribution in [0.2, 0.25) is 0 Å². The van der Waals surface area contributed by atoms with Crippen LogP contribution in [0.25, 0.3) is 0 Å². The molecular weight excluding hydrogens is 476 g/mol. The van der Waals surface area contributed by atoms with E-state index in [1.165, 1.54) is 25.2 Å². The van der Waals surface area contributed by atoms with E-state index >= 15 is 0 Å². The van der Waals surface area contributed by atoms with E-state index < -0.39 is 11.6 Å². The zero-order chi connectivity index (χ0) is 25.7. The predicted octanol–water partition coefficient (Wildman–Crippen LogP) is 4.10. The van der Waals surface area contributed by atoms with Gasteiger partial charge >= 0.3 is 0 Å². The summed E-state index contributed by atoms with van der Waals surface area (Å²) >= 11 is 1.53. The molecule has 2 aliphatic rings. The summed E-state index contributed by atoms with van der Waals surface area (Å²) in [6, 6.07) is 7.07. The van der Waals surface area contributed by atoms with Gasteiger partial charge in [0.15, 0.2) is 17.3 Å². The number of nitrogens with one attached hydrogen (secondary N) is 2. The van der Waals surface area contributed by atoms with Crippen molar-refractivity contribution in [2.75, 3.05) is 6.54 Å². The van der Waals surface area contributed by atoms with E-state index in [2.05, 4.69) is 16.7 Å². The average Bonchev–Trinajstić information content (AvgIpc) is 3.24.